The van der Waals surface area contributed by atoms with Crippen LogP contribution in [0.4, 0.5) is 0 Å². The minimum absolute atomic E-state index is 0.461. The van der Waals surface area contributed by atoms with E-state index in [0.717, 1.165) is 36.3 Å². The molecular formula is C18H28N6O2. The molecular weight excluding hydrogens is 332 g/mol. The van der Waals surface area contributed by atoms with Gasteiger partial charge in [0, 0.05) is 27.2 Å². The molecule has 142 valence electrons. The first-order valence-electron chi connectivity index (χ1n) is 8.63. The van der Waals surface area contributed by atoms with Crippen molar-refractivity contribution in [3.63, 3.8) is 0 Å². The van der Waals surface area contributed by atoms with Crippen LogP contribution < -0.4 is 15.4 Å². The van der Waals surface area contributed by atoms with Crippen LogP contribution in [0.1, 0.15) is 17.2 Å². The molecule has 1 heterocycles. The molecule has 2 rings (SSSR count). The Morgan fingerprint density at radius 1 is 1.12 bits per heavy atom. The second kappa shape index (κ2) is 10.4. The molecule has 1 aromatic carbocycles. The molecule has 2 aromatic rings. The highest BCUT2D eigenvalue weighted by molar-refractivity contribution is 5.79. The molecule has 1 aromatic heterocycles. The van der Waals surface area contributed by atoms with Gasteiger partial charge < -0.3 is 24.7 Å². The van der Waals surface area contributed by atoms with Crippen molar-refractivity contribution in [3.05, 3.63) is 41.5 Å². The average Bonchev–Trinajstić information content (AvgIpc) is 2.98. The van der Waals surface area contributed by atoms with E-state index < -0.39 is 0 Å². The molecule has 0 atom stereocenters. The molecule has 8 heteroatoms. The van der Waals surface area contributed by atoms with Gasteiger partial charge in [-0.3, -0.25) is 0 Å². The largest absolute Gasteiger partial charge is 0.497 e. The highest BCUT2D eigenvalue weighted by Gasteiger charge is 2.05. The summed E-state index contributed by atoms with van der Waals surface area (Å²) in [5.41, 5.74) is 1.23. The molecule has 0 radical (unpaired) electrons. The maximum Gasteiger partial charge on any atom is 0.191 e. The van der Waals surface area contributed by atoms with E-state index in [-0.39, 0.29) is 0 Å². The first-order chi connectivity index (χ1) is 12.6. The summed E-state index contributed by atoms with van der Waals surface area (Å²) in [6.45, 7) is 4.45. The zero-order valence-corrected chi connectivity index (χ0v) is 16.0. The van der Waals surface area contributed by atoms with Gasteiger partial charge in [0.2, 0.25) is 0 Å². The molecule has 0 fully saturated rings. The molecule has 2 N–H and O–H groups in total. The lowest BCUT2D eigenvalue weighted by Gasteiger charge is -2.12. The van der Waals surface area contributed by atoms with E-state index in [4.69, 9.17) is 9.47 Å². The molecule has 0 amide bonds. The fourth-order valence-electron chi connectivity index (χ4n) is 2.30. The Morgan fingerprint density at radius 3 is 2.46 bits per heavy atom. The van der Waals surface area contributed by atoms with Crippen LogP contribution in [0.15, 0.2) is 29.3 Å². The van der Waals surface area contributed by atoms with E-state index in [0.29, 0.717) is 19.7 Å². The summed E-state index contributed by atoms with van der Waals surface area (Å²) in [6.07, 6.45) is 0.887. The van der Waals surface area contributed by atoms with Crippen molar-refractivity contribution in [2.24, 2.45) is 12.0 Å². The number of rotatable bonds is 9. The van der Waals surface area contributed by atoms with Crippen LogP contribution in [-0.2, 0) is 24.8 Å². The molecule has 26 heavy (non-hydrogen) atoms. The number of nitrogens with one attached hydrogen (secondary N) is 2. The Hall–Kier alpha value is -2.61. The molecule has 0 bridgehead atoms. The number of methoxy groups -OCH3 is 2. The van der Waals surface area contributed by atoms with Crippen LogP contribution in [-0.4, -0.2) is 54.6 Å². The van der Waals surface area contributed by atoms with Crippen molar-refractivity contribution in [3.8, 4) is 5.75 Å². The number of aryl methyl sites for hydroxylation is 1. The average molecular weight is 360 g/mol. The van der Waals surface area contributed by atoms with Crippen LogP contribution in [0.25, 0.3) is 0 Å². The van der Waals surface area contributed by atoms with Crippen molar-refractivity contribution >= 4 is 5.96 Å². The van der Waals surface area contributed by atoms with E-state index >= 15 is 0 Å². The monoisotopic (exact) mass is 360 g/mol. The van der Waals surface area contributed by atoms with Crippen LogP contribution in [0.2, 0.25) is 0 Å². The molecule has 8 nitrogen and oxygen atoms in total. The summed E-state index contributed by atoms with van der Waals surface area (Å²) in [6, 6.07) is 8.07. The van der Waals surface area contributed by atoms with Crippen LogP contribution in [0.5, 0.6) is 5.75 Å². The lowest BCUT2D eigenvalue weighted by molar-refractivity contribution is 0.203. The molecule has 0 aliphatic carbocycles. The number of benzene rings is 1. The maximum atomic E-state index is 5.18. The fourth-order valence-corrected chi connectivity index (χ4v) is 2.30. The van der Waals surface area contributed by atoms with E-state index in [1.807, 2.05) is 30.7 Å². The summed E-state index contributed by atoms with van der Waals surface area (Å²) < 4.78 is 12.2. The molecule has 0 unspecified atom stereocenters. The third-order valence-corrected chi connectivity index (χ3v) is 4.03. The van der Waals surface area contributed by atoms with Gasteiger partial charge in [-0.2, -0.15) is 0 Å². The number of ether oxygens (including phenoxy) is 2. The summed E-state index contributed by atoms with van der Waals surface area (Å²) >= 11 is 0. The van der Waals surface area contributed by atoms with Crippen LogP contribution >= 0.6 is 0 Å². The number of hydrogen-bond donors (Lipinski definition) is 2. The summed E-state index contributed by atoms with van der Waals surface area (Å²) in [7, 11) is 5.29. The van der Waals surface area contributed by atoms with Gasteiger partial charge >= 0.3 is 0 Å². The van der Waals surface area contributed by atoms with Gasteiger partial charge in [0.1, 0.15) is 18.1 Å². The number of nitrogens with zero attached hydrogens (tertiary/aromatic N) is 4. The van der Waals surface area contributed by atoms with E-state index in [1.165, 1.54) is 5.56 Å². The third kappa shape index (κ3) is 6.03. The molecule has 0 saturated carbocycles. The third-order valence-electron chi connectivity index (χ3n) is 4.03. The number of aromatic nitrogens is 3. The molecule has 0 spiro atoms. The van der Waals surface area contributed by atoms with Gasteiger partial charge in [-0.05, 0) is 31.0 Å². The summed E-state index contributed by atoms with van der Waals surface area (Å²) in [5.74, 6) is 3.29. The first kappa shape index (κ1) is 19.7. The highest BCUT2D eigenvalue weighted by Crippen LogP contribution is 2.11. The Kier molecular flexibility index (Phi) is 7.88. The SMILES string of the molecule is COCCNC(=NCc1nnc(C)n1C)NCCc1ccc(OC)cc1. The first-order valence-corrected chi connectivity index (χ1v) is 8.63. The standard InChI is InChI=1S/C18H28N6O2/c1-14-22-23-17(24(14)2)13-21-18(20-11-12-25-3)19-10-9-15-5-7-16(26-4)8-6-15/h5-8H,9-13H2,1-4H3,(H2,19,20,21). The number of hydrogen-bond acceptors (Lipinski definition) is 5. The Bertz CT molecular complexity index is 696. The Morgan fingerprint density at radius 2 is 1.85 bits per heavy atom. The Labute approximate surface area is 154 Å². The van der Waals surface area contributed by atoms with Gasteiger partial charge in [-0.25, -0.2) is 4.99 Å². The van der Waals surface area contributed by atoms with Crippen molar-refractivity contribution in [2.45, 2.75) is 19.9 Å². The topological polar surface area (TPSA) is 85.6 Å². The number of guanidine groups is 1. The smallest absolute Gasteiger partial charge is 0.191 e. The molecule has 0 aliphatic rings. The molecule has 0 aliphatic heterocycles. The van der Waals surface area contributed by atoms with Gasteiger partial charge in [0.15, 0.2) is 11.8 Å². The quantitative estimate of drug-likeness (QED) is 0.395. The lowest BCUT2D eigenvalue weighted by atomic mass is 10.1. The predicted octanol–water partition coefficient (Wildman–Crippen LogP) is 1.06. The molecule has 0 saturated heterocycles. The second-order valence-corrected chi connectivity index (χ2v) is 5.83. The summed E-state index contributed by atoms with van der Waals surface area (Å²) in [5, 5.41) is 14.8. The van der Waals surface area contributed by atoms with Gasteiger partial charge in [-0.15, -0.1) is 10.2 Å². The normalized spacial score (nSPS) is 11.5. The van der Waals surface area contributed by atoms with Crippen molar-refractivity contribution in [2.75, 3.05) is 33.9 Å². The van der Waals surface area contributed by atoms with E-state index in [9.17, 15) is 0 Å². The van der Waals surface area contributed by atoms with Crippen molar-refractivity contribution < 1.29 is 9.47 Å². The van der Waals surface area contributed by atoms with E-state index in [1.54, 1.807) is 14.2 Å². The van der Waals surface area contributed by atoms with Gasteiger partial charge in [0.25, 0.3) is 0 Å². The zero-order chi connectivity index (χ0) is 18.8. The second-order valence-electron chi connectivity index (χ2n) is 5.83. The minimum atomic E-state index is 0.461. The van der Waals surface area contributed by atoms with Crippen LogP contribution in [0.3, 0.4) is 0 Å². The Balaban J connectivity index is 1.90. The highest BCUT2D eigenvalue weighted by atomic mass is 16.5. The lowest BCUT2D eigenvalue weighted by Crippen LogP contribution is -2.40. The summed E-state index contributed by atoms with van der Waals surface area (Å²) in [4.78, 5) is 4.59. The van der Waals surface area contributed by atoms with E-state index in [2.05, 4.69) is 38.0 Å². The maximum absolute atomic E-state index is 5.18. The zero-order valence-electron chi connectivity index (χ0n) is 16.0. The van der Waals surface area contributed by atoms with Gasteiger partial charge in [0.05, 0.1) is 13.7 Å². The minimum Gasteiger partial charge on any atom is -0.497 e. The fraction of sp³-hybridized carbons (Fsp3) is 0.500. The van der Waals surface area contributed by atoms with Crippen LogP contribution in [0, 0.1) is 6.92 Å². The number of aliphatic imine (C=N–C) groups is 1. The van der Waals surface area contributed by atoms with Crippen molar-refractivity contribution in [1.82, 2.24) is 25.4 Å². The van der Waals surface area contributed by atoms with Gasteiger partial charge in [-0.1, -0.05) is 12.1 Å². The van der Waals surface area contributed by atoms with Crippen molar-refractivity contribution in [1.29, 1.82) is 0 Å². The predicted molar refractivity (Wildman–Crippen MR) is 101 cm³/mol.